The second-order valence-corrected chi connectivity index (χ2v) is 2.71. The van der Waals surface area contributed by atoms with Crippen molar-refractivity contribution in [3.05, 3.63) is 0 Å². The molecule has 1 aliphatic rings. The summed E-state index contributed by atoms with van der Waals surface area (Å²) in [5.41, 5.74) is 5.11. The molecule has 0 spiro atoms. The highest BCUT2D eigenvalue weighted by atomic mass is 16.1. The molecule has 4 heteroatoms. The van der Waals surface area contributed by atoms with E-state index < -0.39 is 0 Å². The minimum absolute atomic E-state index is 0.0554. The first-order chi connectivity index (χ1) is 4.70. The van der Waals surface area contributed by atoms with Gasteiger partial charge < -0.3 is 10.5 Å². The van der Waals surface area contributed by atoms with Crippen LogP contribution in [-0.4, -0.2) is 31.8 Å². The summed E-state index contributed by atoms with van der Waals surface area (Å²) in [5.74, 6) is -0.132. The average Bonchev–Trinajstić information content (AvgIpc) is 1.88. The molecule has 3 nitrogen and oxygen atoms in total. The van der Waals surface area contributed by atoms with E-state index in [1.54, 1.807) is 4.81 Å². The largest absolute Gasteiger partial charge is 0.369 e. The van der Waals surface area contributed by atoms with Crippen LogP contribution in [0.15, 0.2) is 0 Å². The molecule has 0 atom stereocenters. The summed E-state index contributed by atoms with van der Waals surface area (Å²) in [6.07, 6.45) is 1.62. The van der Waals surface area contributed by atoms with Gasteiger partial charge >= 0.3 is 0 Å². The predicted octanol–water partition coefficient (Wildman–Crippen LogP) is -0.733. The lowest BCUT2D eigenvalue weighted by Crippen LogP contribution is -2.37. The molecule has 2 N–H and O–H groups in total. The third-order valence-corrected chi connectivity index (χ3v) is 1.93. The van der Waals surface area contributed by atoms with Crippen molar-refractivity contribution in [1.82, 2.24) is 4.81 Å². The third kappa shape index (κ3) is 1.74. The lowest BCUT2D eigenvalue weighted by Gasteiger charge is -2.27. The summed E-state index contributed by atoms with van der Waals surface area (Å²) in [5, 5.41) is 0. The lowest BCUT2D eigenvalue weighted by atomic mass is 9.95. The van der Waals surface area contributed by atoms with E-state index >= 15 is 0 Å². The molecule has 0 aliphatic carbocycles. The van der Waals surface area contributed by atoms with Crippen LogP contribution in [0.2, 0.25) is 0 Å². The SMILES string of the molecule is [B]N1CCC(C(N)=O)CC1. The smallest absolute Gasteiger partial charge is 0.220 e. The van der Waals surface area contributed by atoms with Gasteiger partial charge in [0.15, 0.2) is 7.98 Å². The topological polar surface area (TPSA) is 46.3 Å². The van der Waals surface area contributed by atoms with E-state index in [1.807, 2.05) is 0 Å². The van der Waals surface area contributed by atoms with Crippen LogP contribution in [-0.2, 0) is 4.79 Å². The zero-order valence-corrected chi connectivity index (χ0v) is 5.92. The van der Waals surface area contributed by atoms with Crippen molar-refractivity contribution in [3.63, 3.8) is 0 Å². The van der Waals surface area contributed by atoms with Crippen LogP contribution >= 0.6 is 0 Å². The van der Waals surface area contributed by atoms with E-state index in [0.717, 1.165) is 25.9 Å². The van der Waals surface area contributed by atoms with Crippen LogP contribution in [0.3, 0.4) is 0 Å². The summed E-state index contributed by atoms with van der Waals surface area (Å²) in [6, 6.07) is 0. The first-order valence-electron chi connectivity index (χ1n) is 3.49. The number of nitrogens with two attached hydrogens (primary N) is 1. The zero-order valence-electron chi connectivity index (χ0n) is 5.92. The van der Waals surface area contributed by atoms with E-state index in [2.05, 4.69) is 0 Å². The maximum atomic E-state index is 10.6. The Morgan fingerprint density at radius 2 is 2.00 bits per heavy atom. The quantitative estimate of drug-likeness (QED) is 0.485. The molecular weight excluding hydrogens is 127 g/mol. The molecule has 0 saturated carbocycles. The van der Waals surface area contributed by atoms with Gasteiger partial charge in [-0.05, 0) is 25.9 Å². The molecule has 0 aromatic rings. The van der Waals surface area contributed by atoms with E-state index in [4.69, 9.17) is 13.7 Å². The molecule has 1 amide bonds. The fraction of sp³-hybridized carbons (Fsp3) is 0.833. The summed E-state index contributed by atoms with van der Waals surface area (Å²) in [6.45, 7) is 1.57. The highest BCUT2D eigenvalue weighted by molar-refractivity contribution is 6.04. The molecule has 0 unspecified atom stereocenters. The highest BCUT2D eigenvalue weighted by Gasteiger charge is 2.20. The Morgan fingerprint density at radius 1 is 1.50 bits per heavy atom. The summed E-state index contributed by atoms with van der Waals surface area (Å²) in [7, 11) is 5.48. The second-order valence-electron chi connectivity index (χ2n) is 2.71. The molecular formula is C6H11BN2O. The average molecular weight is 138 g/mol. The summed E-state index contributed by atoms with van der Waals surface area (Å²) in [4.78, 5) is 12.3. The Hall–Kier alpha value is -0.505. The van der Waals surface area contributed by atoms with Crippen molar-refractivity contribution in [2.75, 3.05) is 13.1 Å². The summed E-state index contributed by atoms with van der Waals surface area (Å²) < 4.78 is 0. The Morgan fingerprint density at radius 3 is 2.40 bits per heavy atom. The molecule has 1 fully saturated rings. The van der Waals surface area contributed by atoms with E-state index in [9.17, 15) is 4.79 Å². The van der Waals surface area contributed by atoms with Gasteiger partial charge in [0.05, 0.1) is 0 Å². The number of hydrogen-bond acceptors (Lipinski definition) is 2. The molecule has 0 aromatic carbocycles. The standard InChI is InChI=1S/C6H11BN2O/c7-9-3-1-5(2-4-9)6(8)10/h5H,1-4H2,(H2,8,10). The minimum Gasteiger partial charge on any atom is -0.369 e. The van der Waals surface area contributed by atoms with Crippen molar-refractivity contribution in [2.24, 2.45) is 11.7 Å². The summed E-state index contributed by atoms with van der Waals surface area (Å²) >= 11 is 0. The van der Waals surface area contributed by atoms with Gasteiger partial charge in [0.1, 0.15) is 0 Å². The van der Waals surface area contributed by atoms with E-state index in [0.29, 0.717) is 0 Å². The van der Waals surface area contributed by atoms with Crippen LogP contribution in [0.25, 0.3) is 0 Å². The number of rotatable bonds is 1. The lowest BCUT2D eigenvalue weighted by molar-refractivity contribution is -0.122. The second kappa shape index (κ2) is 3.06. The molecule has 0 bridgehead atoms. The van der Waals surface area contributed by atoms with Crippen molar-refractivity contribution in [3.8, 4) is 0 Å². The molecule has 54 valence electrons. The van der Waals surface area contributed by atoms with Crippen molar-refractivity contribution >= 4 is 13.9 Å². The Labute approximate surface area is 62.0 Å². The van der Waals surface area contributed by atoms with Crippen LogP contribution in [0.1, 0.15) is 12.8 Å². The maximum absolute atomic E-state index is 10.6. The minimum atomic E-state index is -0.187. The van der Waals surface area contributed by atoms with Gasteiger partial charge in [0, 0.05) is 5.92 Å². The molecule has 0 aromatic heterocycles. The van der Waals surface area contributed by atoms with Crippen molar-refractivity contribution < 1.29 is 4.79 Å². The number of carbonyl (C=O) groups is 1. The fourth-order valence-corrected chi connectivity index (χ4v) is 1.18. The first-order valence-corrected chi connectivity index (χ1v) is 3.49. The Bertz CT molecular complexity index is 132. The van der Waals surface area contributed by atoms with Crippen LogP contribution in [0.5, 0.6) is 0 Å². The maximum Gasteiger partial charge on any atom is 0.220 e. The van der Waals surface area contributed by atoms with Gasteiger partial charge in [-0.25, -0.2) is 0 Å². The predicted molar refractivity (Wildman–Crippen MR) is 39.2 cm³/mol. The Kier molecular flexibility index (Phi) is 2.32. The normalized spacial score (nSPS) is 22.8. The number of amides is 1. The van der Waals surface area contributed by atoms with Gasteiger partial charge in [-0.3, -0.25) is 4.79 Å². The van der Waals surface area contributed by atoms with Crippen molar-refractivity contribution in [2.45, 2.75) is 12.8 Å². The van der Waals surface area contributed by atoms with E-state index in [1.165, 1.54) is 0 Å². The van der Waals surface area contributed by atoms with Gasteiger partial charge in [0.2, 0.25) is 5.91 Å². The van der Waals surface area contributed by atoms with Gasteiger partial charge in [-0.15, -0.1) is 0 Å². The molecule has 1 saturated heterocycles. The first kappa shape index (κ1) is 7.60. The van der Waals surface area contributed by atoms with Gasteiger partial charge in [0.25, 0.3) is 0 Å². The molecule has 1 aliphatic heterocycles. The van der Waals surface area contributed by atoms with Crippen molar-refractivity contribution in [1.29, 1.82) is 0 Å². The number of piperidine rings is 1. The highest BCUT2D eigenvalue weighted by Crippen LogP contribution is 2.14. The number of hydrogen-bond donors (Lipinski definition) is 1. The fourth-order valence-electron chi connectivity index (χ4n) is 1.18. The van der Waals surface area contributed by atoms with Gasteiger partial charge in [-0.1, -0.05) is 0 Å². The van der Waals surface area contributed by atoms with Crippen LogP contribution in [0, 0.1) is 5.92 Å². The van der Waals surface area contributed by atoms with Crippen LogP contribution in [0.4, 0.5) is 0 Å². The third-order valence-electron chi connectivity index (χ3n) is 1.93. The number of primary amides is 1. The monoisotopic (exact) mass is 138 g/mol. The number of carbonyl (C=O) groups excluding carboxylic acids is 1. The molecule has 2 radical (unpaired) electrons. The Balaban J connectivity index is 2.33. The molecule has 1 heterocycles. The van der Waals surface area contributed by atoms with E-state index in [-0.39, 0.29) is 11.8 Å². The number of nitrogens with zero attached hydrogens (tertiary/aromatic N) is 1. The molecule has 1 rings (SSSR count). The molecule has 10 heavy (non-hydrogen) atoms. The zero-order chi connectivity index (χ0) is 7.56. The van der Waals surface area contributed by atoms with Crippen LogP contribution < -0.4 is 5.73 Å². The van der Waals surface area contributed by atoms with Gasteiger partial charge in [-0.2, -0.15) is 0 Å².